The molecule has 130 valence electrons. The molecule has 0 aromatic carbocycles. The van der Waals surface area contributed by atoms with E-state index in [1.807, 2.05) is 17.7 Å². The van der Waals surface area contributed by atoms with E-state index >= 15 is 0 Å². The number of nitrogens with zero attached hydrogens (tertiary/aromatic N) is 3. The molecule has 2 aromatic heterocycles. The third-order valence-electron chi connectivity index (χ3n) is 4.93. The SMILES string of the molecule is Cc1nc2c(cnn2C(C)C)cc1C(=O)NC1CCCCCCC1. The molecular formula is C19H28N4O. The van der Waals surface area contributed by atoms with Gasteiger partial charge in [-0.25, -0.2) is 9.67 Å². The van der Waals surface area contributed by atoms with E-state index in [2.05, 4.69) is 29.2 Å². The summed E-state index contributed by atoms with van der Waals surface area (Å²) in [5.74, 6) is 0.00442. The standard InChI is InChI=1S/C19H28N4O/c1-13(2)23-18-15(12-20-23)11-17(14(3)21-18)19(24)22-16-9-7-5-4-6-8-10-16/h11-13,16H,4-10H2,1-3H3,(H,22,24). The summed E-state index contributed by atoms with van der Waals surface area (Å²) in [5, 5.41) is 8.56. The van der Waals surface area contributed by atoms with Crippen molar-refractivity contribution in [3.8, 4) is 0 Å². The fourth-order valence-electron chi connectivity index (χ4n) is 3.54. The first kappa shape index (κ1) is 16.9. The van der Waals surface area contributed by atoms with Crippen LogP contribution in [0.25, 0.3) is 11.0 Å². The zero-order valence-corrected chi connectivity index (χ0v) is 15.0. The average Bonchev–Trinajstić information content (AvgIpc) is 2.91. The van der Waals surface area contributed by atoms with Gasteiger partial charge < -0.3 is 5.32 Å². The molecule has 0 spiro atoms. The predicted octanol–water partition coefficient (Wildman–Crippen LogP) is 4.16. The molecule has 1 aliphatic rings. The highest BCUT2D eigenvalue weighted by Crippen LogP contribution is 2.21. The van der Waals surface area contributed by atoms with Crippen molar-refractivity contribution in [2.75, 3.05) is 0 Å². The fraction of sp³-hybridized carbons (Fsp3) is 0.632. The largest absolute Gasteiger partial charge is 0.349 e. The summed E-state index contributed by atoms with van der Waals surface area (Å²) in [6.07, 6.45) is 10.3. The molecule has 0 aliphatic heterocycles. The summed E-state index contributed by atoms with van der Waals surface area (Å²) in [6.45, 7) is 6.07. The maximum absolute atomic E-state index is 12.7. The van der Waals surface area contributed by atoms with Gasteiger partial charge in [0, 0.05) is 17.5 Å². The van der Waals surface area contributed by atoms with Crippen LogP contribution < -0.4 is 5.32 Å². The number of aryl methyl sites for hydroxylation is 1. The van der Waals surface area contributed by atoms with E-state index in [1.54, 1.807) is 6.20 Å². The summed E-state index contributed by atoms with van der Waals surface area (Å²) in [7, 11) is 0. The van der Waals surface area contributed by atoms with E-state index in [9.17, 15) is 4.79 Å². The monoisotopic (exact) mass is 328 g/mol. The Morgan fingerprint density at radius 1 is 1.21 bits per heavy atom. The van der Waals surface area contributed by atoms with E-state index in [-0.39, 0.29) is 11.9 Å². The Morgan fingerprint density at radius 3 is 2.54 bits per heavy atom. The van der Waals surface area contributed by atoms with Crippen LogP contribution in [0.3, 0.4) is 0 Å². The second kappa shape index (κ2) is 7.32. The number of fused-ring (bicyclic) bond motifs is 1. The van der Waals surface area contributed by atoms with Crippen molar-refractivity contribution in [3.05, 3.63) is 23.5 Å². The number of nitrogens with one attached hydrogen (secondary N) is 1. The molecule has 0 saturated heterocycles. The summed E-state index contributed by atoms with van der Waals surface area (Å²) in [4.78, 5) is 17.4. The van der Waals surface area contributed by atoms with Gasteiger partial charge in [0.1, 0.15) is 0 Å². The topological polar surface area (TPSA) is 59.8 Å². The number of amides is 1. The normalized spacial score (nSPS) is 17.0. The molecule has 5 nitrogen and oxygen atoms in total. The molecule has 1 N–H and O–H groups in total. The molecule has 1 fully saturated rings. The first-order valence-electron chi connectivity index (χ1n) is 9.22. The second-order valence-electron chi connectivity index (χ2n) is 7.23. The van der Waals surface area contributed by atoms with Crippen LogP contribution in [0.2, 0.25) is 0 Å². The van der Waals surface area contributed by atoms with Crippen molar-refractivity contribution in [2.24, 2.45) is 0 Å². The average molecular weight is 328 g/mol. The van der Waals surface area contributed by atoms with Crippen molar-refractivity contribution in [1.29, 1.82) is 0 Å². The van der Waals surface area contributed by atoms with Gasteiger partial charge >= 0.3 is 0 Å². The maximum Gasteiger partial charge on any atom is 0.253 e. The maximum atomic E-state index is 12.7. The number of aromatic nitrogens is 3. The predicted molar refractivity (Wildman–Crippen MR) is 96.2 cm³/mol. The first-order valence-corrected chi connectivity index (χ1v) is 9.22. The Kier molecular flexibility index (Phi) is 5.17. The zero-order chi connectivity index (χ0) is 17.1. The van der Waals surface area contributed by atoms with Crippen molar-refractivity contribution in [2.45, 2.75) is 77.8 Å². The van der Waals surface area contributed by atoms with Crippen LogP contribution in [-0.4, -0.2) is 26.7 Å². The molecule has 1 amide bonds. The molecular weight excluding hydrogens is 300 g/mol. The van der Waals surface area contributed by atoms with Gasteiger partial charge in [0.25, 0.3) is 5.91 Å². The van der Waals surface area contributed by atoms with Gasteiger partial charge in [0.2, 0.25) is 0 Å². The Hall–Kier alpha value is -1.91. The highest BCUT2D eigenvalue weighted by Gasteiger charge is 2.19. The van der Waals surface area contributed by atoms with Crippen molar-refractivity contribution in [3.63, 3.8) is 0 Å². The molecule has 24 heavy (non-hydrogen) atoms. The van der Waals surface area contributed by atoms with Gasteiger partial charge in [-0.1, -0.05) is 32.1 Å². The Balaban J connectivity index is 1.80. The van der Waals surface area contributed by atoms with Gasteiger partial charge in [-0.3, -0.25) is 4.79 Å². The molecule has 2 heterocycles. The number of pyridine rings is 1. The second-order valence-corrected chi connectivity index (χ2v) is 7.23. The molecule has 0 radical (unpaired) electrons. The number of carbonyl (C=O) groups is 1. The van der Waals surface area contributed by atoms with Crippen LogP contribution in [0.15, 0.2) is 12.3 Å². The molecule has 0 atom stereocenters. The third-order valence-corrected chi connectivity index (χ3v) is 4.93. The van der Waals surface area contributed by atoms with Crippen LogP contribution in [0.5, 0.6) is 0 Å². The van der Waals surface area contributed by atoms with E-state index in [1.165, 1.54) is 32.1 Å². The number of carbonyl (C=O) groups excluding carboxylic acids is 1. The smallest absolute Gasteiger partial charge is 0.253 e. The van der Waals surface area contributed by atoms with Gasteiger partial charge in [0.15, 0.2) is 5.65 Å². The van der Waals surface area contributed by atoms with Crippen LogP contribution in [0.4, 0.5) is 0 Å². The molecule has 0 unspecified atom stereocenters. The van der Waals surface area contributed by atoms with Crippen LogP contribution in [-0.2, 0) is 0 Å². The van der Waals surface area contributed by atoms with Gasteiger partial charge in [-0.05, 0) is 39.7 Å². The molecule has 2 aromatic rings. The zero-order valence-electron chi connectivity index (χ0n) is 15.0. The van der Waals surface area contributed by atoms with Crippen LogP contribution in [0.1, 0.15) is 80.9 Å². The lowest BCUT2D eigenvalue weighted by Crippen LogP contribution is -2.35. The van der Waals surface area contributed by atoms with Crippen LogP contribution in [0, 0.1) is 6.92 Å². The van der Waals surface area contributed by atoms with Crippen molar-refractivity contribution < 1.29 is 4.79 Å². The lowest BCUT2D eigenvalue weighted by molar-refractivity contribution is 0.0929. The lowest BCUT2D eigenvalue weighted by atomic mass is 9.96. The minimum atomic E-state index is 0.00442. The highest BCUT2D eigenvalue weighted by molar-refractivity contribution is 5.98. The molecule has 5 heteroatoms. The summed E-state index contributed by atoms with van der Waals surface area (Å²) in [6, 6.07) is 2.48. The fourth-order valence-corrected chi connectivity index (χ4v) is 3.54. The van der Waals surface area contributed by atoms with E-state index in [4.69, 9.17) is 0 Å². The van der Waals surface area contributed by atoms with Gasteiger partial charge in [0.05, 0.1) is 17.5 Å². The van der Waals surface area contributed by atoms with Crippen LogP contribution >= 0.6 is 0 Å². The van der Waals surface area contributed by atoms with E-state index < -0.39 is 0 Å². The Labute approximate surface area is 143 Å². The Bertz CT molecular complexity index is 711. The van der Waals surface area contributed by atoms with Crippen molar-refractivity contribution >= 4 is 16.9 Å². The quantitative estimate of drug-likeness (QED) is 0.920. The number of hydrogen-bond acceptors (Lipinski definition) is 3. The Morgan fingerprint density at radius 2 is 1.88 bits per heavy atom. The minimum Gasteiger partial charge on any atom is -0.349 e. The summed E-state index contributed by atoms with van der Waals surface area (Å²) in [5.41, 5.74) is 2.30. The first-order chi connectivity index (χ1) is 11.6. The third kappa shape index (κ3) is 3.60. The molecule has 1 aliphatic carbocycles. The number of hydrogen-bond donors (Lipinski definition) is 1. The molecule has 1 saturated carbocycles. The van der Waals surface area contributed by atoms with Crippen molar-refractivity contribution in [1.82, 2.24) is 20.1 Å². The molecule has 3 rings (SSSR count). The summed E-state index contributed by atoms with van der Waals surface area (Å²) < 4.78 is 1.90. The molecule has 0 bridgehead atoms. The van der Waals surface area contributed by atoms with Gasteiger partial charge in [-0.2, -0.15) is 5.10 Å². The minimum absolute atomic E-state index is 0.00442. The number of rotatable bonds is 3. The van der Waals surface area contributed by atoms with E-state index in [0.717, 1.165) is 29.6 Å². The van der Waals surface area contributed by atoms with E-state index in [0.29, 0.717) is 11.6 Å². The van der Waals surface area contributed by atoms with Gasteiger partial charge in [-0.15, -0.1) is 0 Å². The highest BCUT2D eigenvalue weighted by atomic mass is 16.1. The lowest BCUT2D eigenvalue weighted by Gasteiger charge is -2.21. The summed E-state index contributed by atoms with van der Waals surface area (Å²) >= 11 is 0.